The molecular weight excluding hydrogens is 395 g/mol. The van der Waals surface area contributed by atoms with Crippen molar-refractivity contribution < 1.29 is 4.39 Å². The third-order valence-electron chi connectivity index (χ3n) is 4.58. The molecule has 0 radical (unpaired) electrons. The van der Waals surface area contributed by atoms with E-state index in [0.717, 1.165) is 17.1 Å². The fourth-order valence-corrected chi connectivity index (χ4v) is 3.69. The molecule has 7 heteroatoms. The fraction of sp³-hybridized carbons (Fsp3) is 0.333. The van der Waals surface area contributed by atoms with Crippen LogP contribution in [0.4, 0.5) is 10.1 Å². The monoisotopic (exact) mass is 418 g/mol. The minimum Gasteiger partial charge on any atom is -0.325 e. The molecule has 0 amide bonds. The molecule has 3 rings (SSSR count). The van der Waals surface area contributed by atoms with Crippen LogP contribution in [0.3, 0.4) is 0 Å². The quantitative estimate of drug-likeness (QED) is 0.497. The van der Waals surface area contributed by atoms with E-state index in [0.29, 0.717) is 17.1 Å². The number of rotatable bonds is 5. The van der Waals surface area contributed by atoms with Gasteiger partial charge in [-0.1, -0.05) is 51.4 Å². The van der Waals surface area contributed by atoms with Crippen molar-refractivity contribution >= 4 is 29.2 Å². The fourth-order valence-electron chi connectivity index (χ4n) is 2.86. The second-order valence-corrected chi connectivity index (χ2v) is 8.93. The van der Waals surface area contributed by atoms with Gasteiger partial charge in [-0.15, -0.1) is 10.2 Å². The second-order valence-electron chi connectivity index (χ2n) is 7.64. The molecule has 0 atom stereocenters. The Hall–Kier alpha value is -2.05. The van der Waals surface area contributed by atoms with Gasteiger partial charge in [0.15, 0.2) is 5.82 Å². The van der Waals surface area contributed by atoms with E-state index in [1.54, 1.807) is 6.07 Å². The van der Waals surface area contributed by atoms with Crippen LogP contribution in [-0.4, -0.2) is 14.8 Å². The lowest BCUT2D eigenvalue weighted by Gasteiger charge is -2.19. The van der Waals surface area contributed by atoms with Gasteiger partial charge in [-0.05, 0) is 41.1 Å². The molecule has 0 aliphatic heterocycles. The summed E-state index contributed by atoms with van der Waals surface area (Å²) in [5.74, 6) is 1.02. The number of aryl methyl sites for hydroxylation is 1. The number of hydrogen-bond donors (Lipinski definition) is 1. The van der Waals surface area contributed by atoms with Gasteiger partial charge in [-0.3, -0.25) is 0 Å². The number of halogens is 2. The summed E-state index contributed by atoms with van der Waals surface area (Å²) in [5.41, 5.74) is 2.68. The number of benzene rings is 2. The summed E-state index contributed by atoms with van der Waals surface area (Å²) < 4.78 is 19.3. The van der Waals surface area contributed by atoms with Crippen LogP contribution < -0.4 is 4.72 Å². The van der Waals surface area contributed by atoms with Crippen LogP contribution in [0.1, 0.15) is 39.1 Å². The lowest BCUT2D eigenvalue weighted by Crippen LogP contribution is -2.10. The van der Waals surface area contributed by atoms with E-state index in [9.17, 15) is 4.39 Å². The van der Waals surface area contributed by atoms with Crippen molar-refractivity contribution in [2.45, 2.75) is 44.4 Å². The lowest BCUT2D eigenvalue weighted by molar-refractivity contribution is 0.590. The molecule has 0 fully saturated rings. The van der Waals surface area contributed by atoms with Gasteiger partial charge in [0.2, 0.25) is 0 Å². The van der Waals surface area contributed by atoms with Crippen molar-refractivity contribution in [1.29, 1.82) is 0 Å². The standard InChI is InChI=1S/C21H24ClFN4S/c1-6-19-24-25-20(27(19)5)15-11-16(22)17(23)12-18(15)26-28-14-9-7-13(8-10-14)21(2,3)4/h7-12,26H,6H2,1-5H3. The third kappa shape index (κ3) is 4.33. The topological polar surface area (TPSA) is 42.7 Å². The number of nitrogens with zero attached hydrogens (tertiary/aromatic N) is 3. The zero-order valence-electron chi connectivity index (χ0n) is 16.7. The molecule has 4 nitrogen and oxygen atoms in total. The van der Waals surface area contributed by atoms with Crippen molar-refractivity contribution in [3.63, 3.8) is 0 Å². The Balaban J connectivity index is 1.89. The van der Waals surface area contributed by atoms with Gasteiger partial charge in [0, 0.05) is 30.0 Å². The highest BCUT2D eigenvalue weighted by molar-refractivity contribution is 8.00. The maximum Gasteiger partial charge on any atom is 0.165 e. The van der Waals surface area contributed by atoms with Gasteiger partial charge < -0.3 is 9.29 Å². The summed E-state index contributed by atoms with van der Waals surface area (Å²) in [6.45, 7) is 8.56. The molecule has 1 aromatic heterocycles. The van der Waals surface area contributed by atoms with Gasteiger partial charge >= 0.3 is 0 Å². The molecule has 0 aliphatic carbocycles. The normalized spacial score (nSPS) is 11.7. The van der Waals surface area contributed by atoms with Crippen LogP contribution in [0.25, 0.3) is 11.4 Å². The molecule has 0 aliphatic rings. The largest absolute Gasteiger partial charge is 0.325 e. The summed E-state index contributed by atoms with van der Waals surface area (Å²) in [5, 5.41) is 8.52. The summed E-state index contributed by atoms with van der Waals surface area (Å²) in [4.78, 5) is 1.03. The first-order valence-corrected chi connectivity index (χ1v) is 10.3. The Morgan fingerprint density at radius 3 is 2.39 bits per heavy atom. The number of hydrogen-bond acceptors (Lipinski definition) is 4. The van der Waals surface area contributed by atoms with E-state index >= 15 is 0 Å². The van der Waals surface area contributed by atoms with E-state index in [-0.39, 0.29) is 10.4 Å². The van der Waals surface area contributed by atoms with E-state index in [1.807, 2.05) is 18.5 Å². The molecule has 3 aromatic rings. The number of nitrogens with one attached hydrogen (secondary N) is 1. The summed E-state index contributed by atoms with van der Waals surface area (Å²) in [6.07, 6.45) is 0.760. The average Bonchev–Trinajstić information content (AvgIpc) is 3.02. The van der Waals surface area contributed by atoms with E-state index < -0.39 is 5.82 Å². The Kier molecular flexibility index (Phi) is 6.01. The molecule has 148 valence electrons. The molecule has 1 heterocycles. The first kappa shape index (κ1) is 20.7. The highest BCUT2D eigenvalue weighted by Crippen LogP contribution is 2.35. The van der Waals surface area contributed by atoms with Gasteiger partial charge in [-0.25, -0.2) is 4.39 Å². The molecule has 0 spiro atoms. The van der Waals surface area contributed by atoms with Crippen molar-refractivity contribution in [3.05, 3.63) is 58.6 Å². The molecule has 0 saturated heterocycles. The van der Waals surface area contributed by atoms with E-state index in [4.69, 9.17) is 11.6 Å². The van der Waals surface area contributed by atoms with Crippen LogP contribution in [0.2, 0.25) is 5.02 Å². The van der Waals surface area contributed by atoms with Gasteiger partial charge in [0.05, 0.1) is 10.7 Å². The minimum absolute atomic E-state index is 0.0566. The number of aromatic nitrogens is 3. The summed E-state index contributed by atoms with van der Waals surface area (Å²) in [6, 6.07) is 11.3. The zero-order chi connectivity index (χ0) is 20.5. The first-order valence-electron chi connectivity index (χ1n) is 9.11. The molecule has 0 saturated carbocycles. The molecule has 28 heavy (non-hydrogen) atoms. The Morgan fingerprint density at radius 2 is 1.82 bits per heavy atom. The highest BCUT2D eigenvalue weighted by Gasteiger charge is 2.17. The van der Waals surface area contributed by atoms with Crippen molar-refractivity contribution in [2.24, 2.45) is 7.05 Å². The number of anilines is 1. The summed E-state index contributed by atoms with van der Waals surface area (Å²) >= 11 is 7.46. The Labute approximate surface area is 174 Å². The predicted molar refractivity (Wildman–Crippen MR) is 115 cm³/mol. The Bertz CT molecular complexity index is 977. The average molecular weight is 419 g/mol. The first-order chi connectivity index (χ1) is 13.2. The maximum absolute atomic E-state index is 14.1. The smallest absolute Gasteiger partial charge is 0.165 e. The van der Waals surface area contributed by atoms with E-state index in [2.05, 4.69) is 60.0 Å². The summed E-state index contributed by atoms with van der Waals surface area (Å²) in [7, 11) is 1.90. The van der Waals surface area contributed by atoms with Gasteiger partial charge in [-0.2, -0.15) is 0 Å². The van der Waals surface area contributed by atoms with Crippen LogP contribution in [0.15, 0.2) is 41.3 Å². The minimum atomic E-state index is -0.477. The van der Waals surface area contributed by atoms with Crippen molar-refractivity contribution in [3.8, 4) is 11.4 Å². The molecule has 0 unspecified atom stereocenters. The zero-order valence-corrected chi connectivity index (χ0v) is 18.2. The molecule has 0 bridgehead atoms. The molecule has 2 aromatic carbocycles. The van der Waals surface area contributed by atoms with E-state index in [1.165, 1.54) is 23.6 Å². The van der Waals surface area contributed by atoms with Gasteiger partial charge in [0.1, 0.15) is 11.6 Å². The van der Waals surface area contributed by atoms with Crippen molar-refractivity contribution in [1.82, 2.24) is 14.8 Å². The van der Waals surface area contributed by atoms with Crippen LogP contribution in [0.5, 0.6) is 0 Å². The predicted octanol–water partition coefficient (Wildman–Crippen LogP) is 6.25. The molecule has 1 N–H and O–H groups in total. The maximum atomic E-state index is 14.1. The lowest BCUT2D eigenvalue weighted by atomic mass is 9.87. The third-order valence-corrected chi connectivity index (χ3v) is 5.70. The highest BCUT2D eigenvalue weighted by atomic mass is 35.5. The van der Waals surface area contributed by atoms with Crippen LogP contribution in [-0.2, 0) is 18.9 Å². The Morgan fingerprint density at radius 1 is 1.14 bits per heavy atom. The van der Waals surface area contributed by atoms with Crippen LogP contribution in [0, 0.1) is 5.82 Å². The second kappa shape index (κ2) is 8.13. The molecular formula is C21H24ClFN4S. The van der Waals surface area contributed by atoms with Crippen LogP contribution >= 0.6 is 23.5 Å². The van der Waals surface area contributed by atoms with Crippen molar-refractivity contribution in [2.75, 3.05) is 4.72 Å². The van der Waals surface area contributed by atoms with Gasteiger partial charge in [0.25, 0.3) is 0 Å². The SMILES string of the molecule is CCc1nnc(-c2cc(Cl)c(F)cc2NSc2ccc(C(C)(C)C)cc2)n1C.